The van der Waals surface area contributed by atoms with E-state index in [1.807, 2.05) is 12.1 Å². The Kier molecular flexibility index (Phi) is 5.32. The Morgan fingerprint density at radius 2 is 2.12 bits per heavy atom. The molecule has 2 aromatic rings. The number of nitro groups is 1. The lowest BCUT2D eigenvalue weighted by atomic mass is 10.1. The summed E-state index contributed by atoms with van der Waals surface area (Å²) in [5, 5.41) is 18.2. The minimum Gasteiger partial charge on any atom is -0.376 e. The van der Waals surface area contributed by atoms with Gasteiger partial charge in [0.15, 0.2) is 0 Å². The SMILES string of the molecule is Cc1nn(Cc2ccc(C(=O)NCC3CCCO3)cc2)c(C)c1[N+](=O)[O-]. The molecular weight excluding hydrogens is 336 g/mol. The highest BCUT2D eigenvalue weighted by molar-refractivity contribution is 5.94. The molecule has 1 fully saturated rings. The van der Waals surface area contributed by atoms with E-state index in [1.165, 1.54) is 0 Å². The third-order valence-corrected chi connectivity index (χ3v) is 4.59. The van der Waals surface area contributed by atoms with E-state index < -0.39 is 4.92 Å². The third-order valence-electron chi connectivity index (χ3n) is 4.59. The molecule has 1 saturated heterocycles. The van der Waals surface area contributed by atoms with E-state index in [0.29, 0.717) is 30.0 Å². The fourth-order valence-corrected chi connectivity index (χ4v) is 3.15. The van der Waals surface area contributed by atoms with Crippen molar-refractivity contribution in [2.24, 2.45) is 0 Å². The molecule has 1 unspecified atom stereocenters. The molecule has 0 spiro atoms. The fraction of sp³-hybridized carbons (Fsp3) is 0.444. The highest BCUT2D eigenvalue weighted by atomic mass is 16.6. The number of aryl methyl sites for hydroxylation is 1. The van der Waals surface area contributed by atoms with Crippen molar-refractivity contribution in [3.05, 3.63) is 56.9 Å². The van der Waals surface area contributed by atoms with E-state index in [2.05, 4.69) is 10.4 Å². The van der Waals surface area contributed by atoms with Crippen LogP contribution in [-0.2, 0) is 11.3 Å². The van der Waals surface area contributed by atoms with Crippen molar-refractivity contribution < 1.29 is 14.5 Å². The van der Waals surface area contributed by atoms with Crippen LogP contribution in [0.3, 0.4) is 0 Å². The van der Waals surface area contributed by atoms with Gasteiger partial charge < -0.3 is 10.1 Å². The van der Waals surface area contributed by atoms with Gasteiger partial charge in [0.2, 0.25) is 0 Å². The lowest BCUT2D eigenvalue weighted by molar-refractivity contribution is -0.386. The number of nitrogens with zero attached hydrogens (tertiary/aromatic N) is 3. The number of benzene rings is 1. The van der Waals surface area contributed by atoms with Crippen molar-refractivity contribution in [1.82, 2.24) is 15.1 Å². The van der Waals surface area contributed by atoms with Gasteiger partial charge >= 0.3 is 5.69 Å². The Morgan fingerprint density at radius 3 is 2.69 bits per heavy atom. The molecular formula is C18H22N4O4. The maximum atomic E-state index is 12.2. The summed E-state index contributed by atoms with van der Waals surface area (Å²) in [6.45, 7) is 5.02. The van der Waals surface area contributed by atoms with E-state index in [1.54, 1.807) is 30.7 Å². The van der Waals surface area contributed by atoms with Crippen molar-refractivity contribution in [2.75, 3.05) is 13.2 Å². The second-order valence-corrected chi connectivity index (χ2v) is 6.48. The zero-order chi connectivity index (χ0) is 18.7. The Hall–Kier alpha value is -2.74. The van der Waals surface area contributed by atoms with Crippen LogP contribution in [0.2, 0.25) is 0 Å². The first kappa shape index (κ1) is 18.1. The van der Waals surface area contributed by atoms with Gasteiger partial charge in [0.25, 0.3) is 5.91 Å². The van der Waals surface area contributed by atoms with Crippen LogP contribution in [0.15, 0.2) is 24.3 Å². The quantitative estimate of drug-likeness (QED) is 0.631. The molecule has 8 heteroatoms. The Morgan fingerprint density at radius 1 is 1.38 bits per heavy atom. The van der Waals surface area contributed by atoms with Gasteiger partial charge in [0.1, 0.15) is 11.4 Å². The molecule has 0 bridgehead atoms. The summed E-state index contributed by atoms with van der Waals surface area (Å²) in [6, 6.07) is 7.17. The van der Waals surface area contributed by atoms with Crippen LogP contribution in [-0.4, -0.2) is 39.9 Å². The molecule has 1 aromatic heterocycles. The molecule has 2 heterocycles. The average Bonchev–Trinajstić information content (AvgIpc) is 3.21. The average molecular weight is 358 g/mol. The molecule has 26 heavy (non-hydrogen) atoms. The highest BCUT2D eigenvalue weighted by Gasteiger charge is 2.21. The minimum absolute atomic E-state index is 0.0510. The molecule has 1 aliphatic rings. The maximum absolute atomic E-state index is 12.2. The number of hydrogen-bond acceptors (Lipinski definition) is 5. The molecule has 1 aromatic carbocycles. The first-order valence-electron chi connectivity index (χ1n) is 8.63. The summed E-state index contributed by atoms with van der Waals surface area (Å²) >= 11 is 0. The lowest BCUT2D eigenvalue weighted by Gasteiger charge is -2.11. The van der Waals surface area contributed by atoms with Gasteiger partial charge in [-0.25, -0.2) is 0 Å². The molecule has 0 radical (unpaired) electrons. The predicted octanol–water partition coefficient (Wildman–Crippen LogP) is 2.37. The summed E-state index contributed by atoms with van der Waals surface area (Å²) in [5.74, 6) is -0.131. The van der Waals surface area contributed by atoms with E-state index in [9.17, 15) is 14.9 Å². The number of carbonyl (C=O) groups is 1. The van der Waals surface area contributed by atoms with Gasteiger partial charge in [-0.15, -0.1) is 0 Å². The number of rotatable bonds is 6. The van der Waals surface area contributed by atoms with Crippen LogP contribution in [0.1, 0.15) is 40.2 Å². The van der Waals surface area contributed by atoms with Crippen LogP contribution >= 0.6 is 0 Å². The second kappa shape index (κ2) is 7.65. The number of amides is 1. The van der Waals surface area contributed by atoms with Crippen molar-refractivity contribution in [3.8, 4) is 0 Å². The molecule has 0 aliphatic carbocycles. The van der Waals surface area contributed by atoms with Crippen LogP contribution in [0.5, 0.6) is 0 Å². The lowest BCUT2D eigenvalue weighted by Crippen LogP contribution is -2.31. The van der Waals surface area contributed by atoms with Gasteiger partial charge in [-0.3, -0.25) is 19.6 Å². The van der Waals surface area contributed by atoms with Crippen molar-refractivity contribution in [2.45, 2.75) is 39.3 Å². The molecule has 1 amide bonds. The number of aromatic nitrogens is 2. The van der Waals surface area contributed by atoms with E-state index in [4.69, 9.17) is 4.74 Å². The Balaban J connectivity index is 1.63. The topological polar surface area (TPSA) is 99.3 Å². The summed E-state index contributed by atoms with van der Waals surface area (Å²) in [6.07, 6.45) is 2.13. The van der Waals surface area contributed by atoms with Gasteiger partial charge in [-0.05, 0) is 44.4 Å². The third kappa shape index (κ3) is 3.91. The zero-order valence-corrected chi connectivity index (χ0v) is 14.9. The van der Waals surface area contributed by atoms with Crippen molar-refractivity contribution >= 4 is 11.6 Å². The van der Waals surface area contributed by atoms with Gasteiger partial charge in [-0.2, -0.15) is 5.10 Å². The summed E-state index contributed by atoms with van der Waals surface area (Å²) < 4.78 is 7.10. The maximum Gasteiger partial charge on any atom is 0.312 e. The number of hydrogen-bond donors (Lipinski definition) is 1. The molecule has 138 valence electrons. The standard InChI is InChI=1S/C18H22N4O4/c1-12-17(22(24)25)13(2)21(20-12)11-14-5-7-15(8-6-14)18(23)19-10-16-4-3-9-26-16/h5-8,16H,3-4,9-11H2,1-2H3,(H,19,23). The summed E-state index contributed by atoms with van der Waals surface area (Å²) in [5.41, 5.74) is 2.46. The van der Waals surface area contributed by atoms with Gasteiger partial charge in [-0.1, -0.05) is 12.1 Å². The van der Waals surface area contributed by atoms with Crippen LogP contribution in [0.25, 0.3) is 0 Å². The van der Waals surface area contributed by atoms with E-state index >= 15 is 0 Å². The monoisotopic (exact) mass is 358 g/mol. The largest absolute Gasteiger partial charge is 0.376 e. The van der Waals surface area contributed by atoms with E-state index in [-0.39, 0.29) is 17.7 Å². The minimum atomic E-state index is -0.407. The molecule has 3 rings (SSSR count). The van der Waals surface area contributed by atoms with Crippen molar-refractivity contribution in [3.63, 3.8) is 0 Å². The molecule has 0 saturated carbocycles. The van der Waals surface area contributed by atoms with Crippen LogP contribution in [0, 0.1) is 24.0 Å². The van der Waals surface area contributed by atoms with Gasteiger partial charge in [0, 0.05) is 18.7 Å². The fourth-order valence-electron chi connectivity index (χ4n) is 3.15. The summed E-state index contributed by atoms with van der Waals surface area (Å²) in [4.78, 5) is 22.9. The first-order valence-corrected chi connectivity index (χ1v) is 8.63. The number of ether oxygens (including phenoxy) is 1. The Bertz CT molecular complexity index is 807. The highest BCUT2D eigenvalue weighted by Crippen LogP contribution is 2.22. The molecule has 1 atom stereocenters. The van der Waals surface area contributed by atoms with Crippen LogP contribution < -0.4 is 5.32 Å². The predicted molar refractivity (Wildman–Crippen MR) is 95.2 cm³/mol. The number of carbonyl (C=O) groups excluding carboxylic acids is 1. The first-order chi connectivity index (χ1) is 12.5. The molecule has 1 aliphatic heterocycles. The Labute approximate surface area is 151 Å². The number of nitrogens with one attached hydrogen (secondary N) is 1. The van der Waals surface area contributed by atoms with Gasteiger partial charge in [0.05, 0.1) is 17.6 Å². The molecule has 8 nitrogen and oxygen atoms in total. The normalized spacial score (nSPS) is 16.6. The summed E-state index contributed by atoms with van der Waals surface area (Å²) in [7, 11) is 0. The van der Waals surface area contributed by atoms with E-state index in [0.717, 1.165) is 25.0 Å². The van der Waals surface area contributed by atoms with Crippen molar-refractivity contribution in [1.29, 1.82) is 0 Å². The molecule has 1 N–H and O–H groups in total. The second-order valence-electron chi connectivity index (χ2n) is 6.48. The zero-order valence-electron chi connectivity index (χ0n) is 14.9. The smallest absolute Gasteiger partial charge is 0.312 e. The van der Waals surface area contributed by atoms with Crippen LogP contribution in [0.4, 0.5) is 5.69 Å².